The average molecular weight is 215 g/mol. The molecule has 80 valence electrons. The standard InChI is InChI=1S/C12H10FN3/c1-8-7-15-16(9(8)2)12-4-10(6-14)3-11(13)5-12/h3-5,7H,1-2H3. The van der Waals surface area contributed by atoms with Crippen molar-refractivity contribution in [2.45, 2.75) is 13.8 Å². The van der Waals surface area contributed by atoms with Crippen LogP contribution in [0.15, 0.2) is 24.4 Å². The molecule has 1 aromatic carbocycles. The molecule has 0 N–H and O–H groups in total. The molecule has 1 heterocycles. The van der Waals surface area contributed by atoms with Crippen molar-refractivity contribution >= 4 is 0 Å². The third-order valence-corrected chi connectivity index (χ3v) is 2.51. The largest absolute Gasteiger partial charge is 0.238 e. The molecule has 0 fully saturated rings. The summed E-state index contributed by atoms with van der Waals surface area (Å²) in [6.07, 6.45) is 1.71. The van der Waals surface area contributed by atoms with Gasteiger partial charge < -0.3 is 0 Å². The lowest BCUT2D eigenvalue weighted by molar-refractivity contribution is 0.624. The maximum absolute atomic E-state index is 13.2. The Labute approximate surface area is 92.7 Å². The summed E-state index contributed by atoms with van der Waals surface area (Å²) >= 11 is 0. The number of aromatic nitrogens is 2. The number of aryl methyl sites for hydroxylation is 1. The van der Waals surface area contributed by atoms with E-state index in [2.05, 4.69) is 5.10 Å². The lowest BCUT2D eigenvalue weighted by Gasteiger charge is -2.05. The Balaban J connectivity index is 2.61. The molecule has 0 aliphatic heterocycles. The van der Waals surface area contributed by atoms with Gasteiger partial charge in [-0.15, -0.1) is 0 Å². The molecular weight excluding hydrogens is 205 g/mol. The second-order valence-electron chi connectivity index (χ2n) is 3.63. The molecule has 0 amide bonds. The van der Waals surface area contributed by atoms with Gasteiger partial charge in [-0.05, 0) is 37.6 Å². The van der Waals surface area contributed by atoms with E-state index >= 15 is 0 Å². The summed E-state index contributed by atoms with van der Waals surface area (Å²) in [5, 5.41) is 12.9. The minimum absolute atomic E-state index is 0.294. The first-order valence-corrected chi connectivity index (χ1v) is 4.84. The SMILES string of the molecule is Cc1cnn(-c2cc(F)cc(C#N)c2)c1C. The zero-order chi connectivity index (χ0) is 11.7. The monoisotopic (exact) mass is 215 g/mol. The number of rotatable bonds is 1. The van der Waals surface area contributed by atoms with Gasteiger partial charge in [0.05, 0.1) is 23.5 Å². The molecule has 0 aliphatic rings. The fourth-order valence-electron chi connectivity index (χ4n) is 1.51. The van der Waals surface area contributed by atoms with E-state index in [4.69, 9.17) is 5.26 Å². The lowest BCUT2D eigenvalue weighted by Crippen LogP contribution is -2.00. The van der Waals surface area contributed by atoms with E-state index in [1.807, 2.05) is 19.9 Å². The van der Waals surface area contributed by atoms with Gasteiger partial charge in [-0.3, -0.25) is 0 Å². The normalized spacial score (nSPS) is 10.1. The Morgan fingerprint density at radius 1 is 1.31 bits per heavy atom. The van der Waals surface area contributed by atoms with E-state index in [1.54, 1.807) is 16.9 Å². The highest BCUT2D eigenvalue weighted by molar-refractivity contribution is 5.42. The molecule has 2 rings (SSSR count). The van der Waals surface area contributed by atoms with E-state index in [0.717, 1.165) is 11.3 Å². The van der Waals surface area contributed by atoms with Crippen LogP contribution in [0.3, 0.4) is 0 Å². The van der Waals surface area contributed by atoms with E-state index in [9.17, 15) is 4.39 Å². The van der Waals surface area contributed by atoms with Crippen LogP contribution in [0.2, 0.25) is 0 Å². The summed E-state index contributed by atoms with van der Waals surface area (Å²) in [7, 11) is 0. The van der Waals surface area contributed by atoms with Crippen molar-refractivity contribution in [2.24, 2.45) is 0 Å². The van der Waals surface area contributed by atoms with Crippen molar-refractivity contribution in [3.05, 3.63) is 47.0 Å². The molecule has 2 aromatic rings. The molecular formula is C12H10FN3. The number of benzene rings is 1. The highest BCUT2D eigenvalue weighted by Gasteiger charge is 2.07. The first-order chi connectivity index (χ1) is 7.61. The van der Waals surface area contributed by atoms with Crippen molar-refractivity contribution in [1.82, 2.24) is 9.78 Å². The summed E-state index contributed by atoms with van der Waals surface area (Å²) in [5.74, 6) is -0.429. The van der Waals surface area contributed by atoms with Crippen LogP contribution >= 0.6 is 0 Å². The molecule has 1 aromatic heterocycles. The van der Waals surface area contributed by atoms with Gasteiger partial charge >= 0.3 is 0 Å². The zero-order valence-electron chi connectivity index (χ0n) is 9.03. The molecule has 0 saturated carbocycles. The van der Waals surface area contributed by atoms with Gasteiger partial charge in [-0.1, -0.05) is 0 Å². The number of nitriles is 1. The molecule has 0 saturated heterocycles. The van der Waals surface area contributed by atoms with Gasteiger partial charge in [0.15, 0.2) is 0 Å². The van der Waals surface area contributed by atoms with Crippen LogP contribution in [-0.2, 0) is 0 Å². The van der Waals surface area contributed by atoms with Gasteiger partial charge in [0, 0.05) is 5.69 Å². The molecule has 0 radical (unpaired) electrons. The Morgan fingerprint density at radius 3 is 2.62 bits per heavy atom. The van der Waals surface area contributed by atoms with Crippen LogP contribution in [-0.4, -0.2) is 9.78 Å². The lowest BCUT2D eigenvalue weighted by atomic mass is 10.2. The molecule has 0 aliphatic carbocycles. The third-order valence-electron chi connectivity index (χ3n) is 2.51. The van der Waals surface area contributed by atoms with Crippen LogP contribution in [0.1, 0.15) is 16.8 Å². The van der Waals surface area contributed by atoms with Gasteiger partial charge in [0.1, 0.15) is 5.82 Å². The smallest absolute Gasteiger partial charge is 0.126 e. The van der Waals surface area contributed by atoms with Crippen LogP contribution in [0, 0.1) is 31.0 Å². The molecule has 0 spiro atoms. The van der Waals surface area contributed by atoms with Crippen LogP contribution in [0.5, 0.6) is 0 Å². The maximum Gasteiger partial charge on any atom is 0.126 e. The second-order valence-corrected chi connectivity index (χ2v) is 3.63. The van der Waals surface area contributed by atoms with Gasteiger partial charge in [-0.25, -0.2) is 9.07 Å². The van der Waals surface area contributed by atoms with Crippen LogP contribution < -0.4 is 0 Å². The zero-order valence-corrected chi connectivity index (χ0v) is 9.03. The van der Waals surface area contributed by atoms with Gasteiger partial charge in [0.25, 0.3) is 0 Å². The Hall–Kier alpha value is -2.15. The summed E-state index contributed by atoms with van der Waals surface area (Å²) < 4.78 is 14.9. The maximum atomic E-state index is 13.2. The summed E-state index contributed by atoms with van der Waals surface area (Å²) in [4.78, 5) is 0. The fourth-order valence-corrected chi connectivity index (χ4v) is 1.51. The van der Waals surface area contributed by atoms with E-state index in [1.165, 1.54) is 12.1 Å². The quantitative estimate of drug-likeness (QED) is 0.733. The van der Waals surface area contributed by atoms with E-state index in [0.29, 0.717) is 11.3 Å². The minimum Gasteiger partial charge on any atom is -0.238 e. The van der Waals surface area contributed by atoms with Crippen molar-refractivity contribution in [3.63, 3.8) is 0 Å². The molecule has 0 bridgehead atoms. The average Bonchev–Trinajstić information content (AvgIpc) is 2.59. The molecule has 16 heavy (non-hydrogen) atoms. The van der Waals surface area contributed by atoms with Gasteiger partial charge in [0.2, 0.25) is 0 Å². The summed E-state index contributed by atoms with van der Waals surface area (Å²) in [6, 6.07) is 6.10. The van der Waals surface area contributed by atoms with Crippen LogP contribution in [0.4, 0.5) is 4.39 Å². The molecule has 0 atom stereocenters. The topological polar surface area (TPSA) is 41.6 Å². The number of halogens is 1. The number of nitrogens with zero attached hydrogens (tertiary/aromatic N) is 3. The van der Waals surface area contributed by atoms with Crippen LogP contribution in [0.25, 0.3) is 5.69 Å². The molecule has 3 nitrogen and oxygen atoms in total. The highest BCUT2D eigenvalue weighted by Crippen LogP contribution is 2.16. The predicted molar refractivity (Wildman–Crippen MR) is 57.7 cm³/mol. The first-order valence-electron chi connectivity index (χ1n) is 4.84. The van der Waals surface area contributed by atoms with Gasteiger partial charge in [-0.2, -0.15) is 10.4 Å². The summed E-state index contributed by atoms with van der Waals surface area (Å²) in [5.41, 5.74) is 2.84. The third kappa shape index (κ3) is 1.68. The van der Waals surface area contributed by atoms with Crippen molar-refractivity contribution < 1.29 is 4.39 Å². The fraction of sp³-hybridized carbons (Fsp3) is 0.167. The molecule has 0 unspecified atom stereocenters. The number of hydrogen-bond acceptors (Lipinski definition) is 2. The minimum atomic E-state index is -0.429. The van der Waals surface area contributed by atoms with Crippen molar-refractivity contribution in [1.29, 1.82) is 5.26 Å². The van der Waals surface area contributed by atoms with Crippen molar-refractivity contribution in [3.8, 4) is 11.8 Å². The second kappa shape index (κ2) is 3.78. The highest BCUT2D eigenvalue weighted by atomic mass is 19.1. The number of hydrogen-bond donors (Lipinski definition) is 0. The predicted octanol–water partition coefficient (Wildman–Crippen LogP) is 2.50. The van der Waals surface area contributed by atoms with E-state index < -0.39 is 5.82 Å². The molecule has 4 heteroatoms. The van der Waals surface area contributed by atoms with E-state index in [-0.39, 0.29) is 0 Å². The van der Waals surface area contributed by atoms with Crippen molar-refractivity contribution in [2.75, 3.05) is 0 Å². The summed E-state index contributed by atoms with van der Waals surface area (Å²) in [6.45, 7) is 3.84. The first kappa shape index (κ1) is 10.4. The Bertz CT molecular complexity index is 578. The Morgan fingerprint density at radius 2 is 2.06 bits per heavy atom. The Kier molecular flexibility index (Phi) is 2.45.